The van der Waals surface area contributed by atoms with Crippen LogP contribution in [0.5, 0.6) is 11.5 Å². The van der Waals surface area contributed by atoms with Gasteiger partial charge in [0.25, 0.3) is 0 Å². The highest BCUT2D eigenvalue weighted by Gasteiger charge is 2.12. The first-order valence-corrected chi connectivity index (χ1v) is 7.61. The summed E-state index contributed by atoms with van der Waals surface area (Å²) in [7, 11) is 1.54. The maximum Gasteiger partial charge on any atom is 0.372 e. The van der Waals surface area contributed by atoms with E-state index in [2.05, 4.69) is 0 Å². The maximum absolute atomic E-state index is 11.2. The SMILES string of the molecule is COc1cc(CCC(=O)C(=O)O)ccc1OCc1ccc(C)cc1. The van der Waals surface area contributed by atoms with Crippen LogP contribution in [-0.4, -0.2) is 24.0 Å². The molecule has 24 heavy (non-hydrogen) atoms. The molecule has 0 bridgehead atoms. The molecule has 5 nitrogen and oxygen atoms in total. The third-order valence-electron chi connectivity index (χ3n) is 3.62. The van der Waals surface area contributed by atoms with Crippen molar-refractivity contribution in [3.8, 4) is 11.5 Å². The number of hydrogen-bond acceptors (Lipinski definition) is 4. The van der Waals surface area contributed by atoms with Gasteiger partial charge >= 0.3 is 5.97 Å². The van der Waals surface area contributed by atoms with E-state index < -0.39 is 11.8 Å². The highest BCUT2D eigenvalue weighted by molar-refractivity contribution is 6.32. The Bertz CT molecular complexity index is 719. The van der Waals surface area contributed by atoms with Crippen LogP contribution in [0.3, 0.4) is 0 Å². The first-order valence-electron chi connectivity index (χ1n) is 7.61. The lowest BCUT2D eigenvalue weighted by Crippen LogP contribution is -2.12. The summed E-state index contributed by atoms with van der Waals surface area (Å²) >= 11 is 0. The minimum atomic E-state index is -1.40. The maximum atomic E-state index is 11.2. The second-order valence-electron chi connectivity index (χ2n) is 5.49. The molecule has 0 aliphatic rings. The fourth-order valence-electron chi connectivity index (χ4n) is 2.20. The molecule has 0 saturated heterocycles. The summed E-state index contributed by atoms with van der Waals surface area (Å²) in [5, 5.41) is 8.61. The summed E-state index contributed by atoms with van der Waals surface area (Å²) in [6.07, 6.45) is 0.307. The number of carboxylic acids is 1. The van der Waals surface area contributed by atoms with Crippen molar-refractivity contribution in [2.45, 2.75) is 26.4 Å². The number of carbonyl (C=O) groups is 2. The van der Waals surface area contributed by atoms with Gasteiger partial charge in [-0.25, -0.2) is 4.79 Å². The number of carboxylic acid groups (broad SMARTS) is 1. The van der Waals surface area contributed by atoms with Crippen LogP contribution in [0, 0.1) is 6.92 Å². The molecule has 0 unspecified atom stereocenters. The molecule has 0 aliphatic carbocycles. The van der Waals surface area contributed by atoms with E-state index in [4.69, 9.17) is 14.6 Å². The van der Waals surface area contributed by atoms with Gasteiger partial charge in [-0.2, -0.15) is 0 Å². The van der Waals surface area contributed by atoms with Gasteiger partial charge in [0.1, 0.15) is 6.61 Å². The zero-order valence-electron chi connectivity index (χ0n) is 13.7. The molecule has 0 fully saturated rings. The van der Waals surface area contributed by atoms with Gasteiger partial charge in [0.05, 0.1) is 7.11 Å². The molecule has 0 aromatic heterocycles. The van der Waals surface area contributed by atoms with Gasteiger partial charge in [-0.05, 0) is 36.6 Å². The van der Waals surface area contributed by atoms with E-state index in [0.29, 0.717) is 24.5 Å². The zero-order valence-corrected chi connectivity index (χ0v) is 13.7. The topological polar surface area (TPSA) is 72.8 Å². The van der Waals surface area contributed by atoms with Gasteiger partial charge in [-0.3, -0.25) is 4.79 Å². The van der Waals surface area contributed by atoms with E-state index in [1.807, 2.05) is 37.3 Å². The number of rotatable bonds is 8. The second kappa shape index (κ2) is 8.15. The first kappa shape index (κ1) is 17.5. The number of ketones is 1. The molecule has 1 N–H and O–H groups in total. The zero-order chi connectivity index (χ0) is 17.5. The summed E-state index contributed by atoms with van der Waals surface area (Å²) < 4.78 is 11.1. The summed E-state index contributed by atoms with van der Waals surface area (Å²) in [4.78, 5) is 21.7. The minimum Gasteiger partial charge on any atom is -0.493 e. The van der Waals surface area contributed by atoms with Gasteiger partial charge < -0.3 is 14.6 Å². The average Bonchev–Trinajstić information content (AvgIpc) is 2.59. The van der Waals surface area contributed by atoms with Crippen molar-refractivity contribution in [3.05, 3.63) is 59.2 Å². The lowest BCUT2D eigenvalue weighted by molar-refractivity contribution is -0.149. The van der Waals surface area contributed by atoms with Gasteiger partial charge in [0.15, 0.2) is 11.5 Å². The monoisotopic (exact) mass is 328 g/mol. The van der Waals surface area contributed by atoms with E-state index in [0.717, 1.165) is 11.1 Å². The molecule has 0 amide bonds. The van der Waals surface area contributed by atoms with Crippen molar-refractivity contribution >= 4 is 11.8 Å². The largest absolute Gasteiger partial charge is 0.493 e. The van der Waals surface area contributed by atoms with Gasteiger partial charge in [-0.1, -0.05) is 35.9 Å². The Morgan fingerprint density at radius 1 is 1.00 bits per heavy atom. The van der Waals surface area contributed by atoms with Gasteiger partial charge in [-0.15, -0.1) is 0 Å². The molecule has 2 aromatic rings. The third kappa shape index (κ3) is 4.84. The highest BCUT2D eigenvalue weighted by Crippen LogP contribution is 2.29. The summed E-state index contributed by atoms with van der Waals surface area (Å²) in [6, 6.07) is 13.4. The number of aryl methyl sites for hydroxylation is 2. The minimum absolute atomic E-state index is 0.0396. The lowest BCUT2D eigenvalue weighted by atomic mass is 10.1. The van der Waals surface area contributed by atoms with Crippen molar-refractivity contribution in [1.82, 2.24) is 0 Å². The molecule has 0 atom stereocenters. The predicted molar refractivity (Wildman–Crippen MR) is 89.5 cm³/mol. The smallest absolute Gasteiger partial charge is 0.372 e. The van der Waals surface area contributed by atoms with Gasteiger partial charge in [0, 0.05) is 6.42 Å². The van der Waals surface area contributed by atoms with Crippen LogP contribution in [0.15, 0.2) is 42.5 Å². The van der Waals surface area contributed by atoms with Crippen LogP contribution in [0.2, 0.25) is 0 Å². The Kier molecular flexibility index (Phi) is 5.95. The van der Waals surface area contributed by atoms with Crippen LogP contribution in [-0.2, 0) is 22.6 Å². The van der Waals surface area contributed by atoms with Crippen molar-refractivity contribution < 1.29 is 24.2 Å². The normalized spacial score (nSPS) is 10.2. The predicted octanol–water partition coefficient (Wildman–Crippen LogP) is 3.17. The molecule has 0 saturated carbocycles. The quantitative estimate of drug-likeness (QED) is 0.754. The van der Waals surface area contributed by atoms with Crippen molar-refractivity contribution in [3.63, 3.8) is 0 Å². The van der Waals surface area contributed by atoms with Crippen molar-refractivity contribution in [2.75, 3.05) is 7.11 Å². The molecule has 0 heterocycles. The van der Waals surface area contributed by atoms with E-state index in [1.165, 1.54) is 5.56 Å². The Morgan fingerprint density at radius 3 is 2.29 bits per heavy atom. The fraction of sp³-hybridized carbons (Fsp3) is 0.263. The number of Topliss-reactive ketones (excluding diaryl/α,β-unsaturated/α-hetero) is 1. The number of methoxy groups -OCH3 is 1. The molecule has 126 valence electrons. The molecule has 2 aromatic carbocycles. The van der Waals surface area contributed by atoms with E-state index >= 15 is 0 Å². The van der Waals surface area contributed by atoms with Gasteiger partial charge in [0.2, 0.25) is 5.78 Å². The summed E-state index contributed by atoms with van der Waals surface area (Å²) in [6.45, 7) is 2.45. The van der Waals surface area contributed by atoms with Crippen LogP contribution in [0.1, 0.15) is 23.1 Å². The van der Waals surface area contributed by atoms with Crippen LogP contribution >= 0.6 is 0 Å². The number of carbonyl (C=O) groups excluding carboxylic acids is 1. The second-order valence-corrected chi connectivity index (χ2v) is 5.49. The summed E-state index contributed by atoms with van der Waals surface area (Å²) in [5.41, 5.74) is 3.07. The Balaban J connectivity index is 2.01. The molecule has 0 radical (unpaired) electrons. The number of aliphatic carboxylic acids is 1. The third-order valence-corrected chi connectivity index (χ3v) is 3.62. The summed E-state index contributed by atoms with van der Waals surface area (Å²) in [5.74, 6) is -1.04. The molecule has 0 aliphatic heterocycles. The average molecular weight is 328 g/mol. The highest BCUT2D eigenvalue weighted by atomic mass is 16.5. The number of hydrogen-bond donors (Lipinski definition) is 1. The Labute approximate surface area is 140 Å². The van der Waals surface area contributed by atoms with Crippen LogP contribution in [0.25, 0.3) is 0 Å². The fourth-order valence-corrected chi connectivity index (χ4v) is 2.20. The van der Waals surface area contributed by atoms with Crippen LogP contribution < -0.4 is 9.47 Å². The molecular formula is C19H20O5. The standard InChI is InChI=1S/C19H20O5/c1-13-3-5-15(6-4-13)12-24-17-10-8-14(11-18(17)23-2)7-9-16(20)19(21)22/h3-6,8,10-11H,7,9,12H2,1-2H3,(H,21,22). The number of benzene rings is 2. The van der Waals surface area contributed by atoms with Crippen LogP contribution in [0.4, 0.5) is 0 Å². The van der Waals surface area contributed by atoms with Crippen molar-refractivity contribution in [1.29, 1.82) is 0 Å². The van der Waals surface area contributed by atoms with E-state index in [-0.39, 0.29) is 6.42 Å². The molecular weight excluding hydrogens is 308 g/mol. The van der Waals surface area contributed by atoms with E-state index in [9.17, 15) is 9.59 Å². The molecule has 5 heteroatoms. The van der Waals surface area contributed by atoms with Crippen molar-refractivity contribution in [2.24, 2.45) is 0 Å². The Hall–Kier alpha value is -2.82. The Morgan fingerprint density at radius 2 is 1.67 bits per heavy atom. The number of ether oxygens (including phenoxy) is 2. The molecule has 2 rings (SSSR count). The van der Waals surface area contributed by atoms with E-state index in [1.54, 1.807) is 19.2 Å². The lowest BCUT2D eigenvalue weighted by Gasteiger charge is -2.12. The first-order chi connectivity index (χ1) is 11.5. The molecule has 0 spiro atoms.